The normalized spacial score (nSPS) is 10.8. The maximum absolute atomic E-state index is 6.10. The summed E-state index contributed by atoms with van der Waals surface area (Å²) in [6.07, 6.45) is 0. The van der Waals surface area contributed by atoms with Gasteiger partial charge in [0.15, 0.2) is 0 Å². The van der Waals surface area contributed by atoms with Gasteiger partial charge in [0, 0.05) is 15.4 Å². The van der Waals surface area contributed by atoms with Crippen molar-refractivity contribution < 1.29 is 4.74 Å². The summed E-state index contributed by atoms with van der Waals surface area (Å²) in [4.78, 5) is 0. The Balaban J connectivity index is 2.04. The zero-order chi connectivity index (χ0) is 14.8. The van der Waals surface area contributed by atoms with E-state index >= 15 is 0 Å². The van der Waals surface area contributed by atoms with Gasteiger partial charge in [-0.15, -0.1) is 0 Å². The van der Waals surface area contributed by atoms with Crippen LogP contribution in [0.5, 0.6) is 11.5 Å². The Morgan fingerprint density at radius 1 is 0.857 bits per heavy atom. The third-order valence-corrected chi connectivity index (χ3v) is 5.13. The van der Waals surface area contributed by atoms with Crippen molar-refractivity contribution in [1.82, 2.24) is 0 Å². The van der Waals surface area contributed by atoms with Gasteiger partial charge in [-0.3, -0.25) is 0 Å². The molecule has 0 heterocycles. The average molecular weight is 471 g/mol. The van der Waals surface area contributed by atoms with Gasteiger partial charge in [-0.05, 0) is 51.0 Å². The lowest BCUT2D eigenvalue weighted by Gasteiger charge is -2.13. The Morgan fingerprint density at radius 3 is 2.43 bits per heavy atom. The lowest BCUT2D eigenvalue weighted by molar-refractivity contribution is 0.476. The van der Waals surface area contributed by atoms with Gasteiger partial charge in [-0.25, -0.2) is 0 Å². The Hall–Kier alpha value is -0.840. The number of fused-ring (bicyclic) bond motifs is 1. The number of ether oxygens (including phenoxy) is 1. The summed E-state index contributed by atoms with van der Waals surface area (Å²) in [6.45, 7) is 0. The maximum atomic E-state index is 6.10. The minimum Gasteiger partial charge on any atom is -0.456 e. The highest BCUT2D eigenvalue weighted by Gasteiger charge is 2.10. The number of alkyl halides is 1. The van der Waals surface area contributed by atoms with E-state index in [2.05, 4.69) is 72.1 Å². The average Bonchev–Trinajstić information content (AvgIpc) is 2.51. The monoisotopic (exact) mass is 468 g/mol. The highest BCUT2D eigenvalue weighted by atomic mass is 79.9. The molecule has 0 fully saturated rings. The highest BCUT2D eigenvalue weighted by Crippen LogP contribution is 2.37. The van der Waals surface area contributed by atoms with E-state index in [9.17, 15) is 0 Å². The van der Waals surface area contributed by atoms with Gasteiger partial charge in [-0.2, -0.15) is 0 Å². The van der Waals surface area contributed by atoms with Crippen LogP contribution in [0.4, 0.5) is 0 Å². The summed E-state index contributed by atoms with van der Waals surface area (Å²) < 4.78 is 8.12. The van der Waals surface area contributed by atoms with Crippen LogP contribution in [0.1, 0.15) is 5.56 Å². The van der Waals surface area contributed by atoms with E-state index in [0.29, 0.717) is 0 Å². The molecule has 0 amide bonds. The van der Waals surface area contributed by atoms with Crippen LogP contribution in [0.25, 0.3) is 10.8 Å². The lowest BCUT2D eigenvalue weighted by atomic mass is 10.1. The molecule has 0 aromatic heterocycles. The second-order valence-electron chi connectivity index (χ2n) is 4.59. The molecule has 0 bridgehead atoms. The highest BCUT2D eigenvalue weighted by molar-refractivity contribution is 9.11. The van der Waals surface area contributed by atoms with Crippen LogP contribution in [0.2, 0.25) is 0 Å². The molecule has 0 aliphatic heterocycles. The molecule has 3 aromatic carbocycles. The van der Waals surface area contributed by atoms with Crippen LogP contribution in [0, 0.1) is 0 Å². The fourth-order valence-electron chi connectivity index (χ4n) is 2.16. The summed E-state index contributed by atoms with van der Waals surface area (Å²) in [7, 11) is 0. The van der Waals surface area contributed by atoms with Gasteiger partial charge in [0.25, 0.3) is 0 Å². The van der Waals surface area contributed by atoms with Crippen molar-refractivity contribution in [2.24, 2.45) is 0 Å². The van der Waals surface area contributed by atoms with Crippen molar-refractivity contribution >= 4 is 58.6 Å². The predicted molar refractivity (Wildman–Crippen MR) is 98.5 cm³/mol. The molecule has 3 rings (SSSR count). The van der Waals surface area contributed by atoms with Gasteiger partial charge in [0.2, 0.25) is 0 Å². The molecule has 1 nitrogen and oxygen atoms in total. The van der Waals surface area contributed by atoms with E-state index in [4.69, 9.17) is 4.74 Å². The minimum atomic E-state index is 0.743. The second-order valence-corrected chi connectivity index (χ2v) is 6.86. The number of hydrogen-bond acceptors (Lipinski definition) is 1. The first kappa shape index (κ1) is 15.1. The van der Waals surface area contributed by atoms with Crippen LogP contribution in [-0.2, 0) is 5.33 Å². The van der Waals surface area contributed by atoms with Crippen molar-refractivity contribution in [2.75, 3.05) is 0 Å². The first-order chi connectivity index (χ1) is 10.2. The fourth-order valence-corrected chi connectivity index (χ4v) is 3.58. The SMILES string of the molecule is BrCc1cc(Br)ccc1Oc1ccc2ccccc2c1Br. The number of halogens is 3. The topological polar surface area (TPSA) is 9.23 Å². The quantitative estimate of drug-likeness (QED) is 0.372. The summed E-state index contributed by atoms with van der Waals surface area (Å²) in [5, 5.41) is 3.08. The molecule has 0 saturated carbocycles. The van der Waals surface area contributed by atoms with E-state index in [1.54, 1.807) is 0 Å². The van der Waals surface area contributed by atoms with Crippen LogP contribution >= 0.6 is 47.8 Å². The van der Waals surface area contributed by atoms with Crippen molar-refractivity contribution in [1.29, 1.82) is 0 Å². The molecular weight excluding hydrogens is 460 g/mol. The molecule has 0 atom stereocenters. The summed E-state index contributed by atoms with van der Waals surface area (Å²) in [5.41, 5.74) is 1.10. The van der Waals surface area contributed by atoms with Crippen LogP contribution in [0.15, 0.2) is 63.5 Å². The summed E-state index contributed by atoms with van der Waals surface area (Å²) in [6, 6.07) is 18.3. The van der Waals surface area contributed by atoms with Crippen molar-refractivity contribution in [3.8, 4) is 11.5 Å². The molecular formula is C17H11Br3O. The number of benzene rings is 3. The first-order valence-corrected chi connectivity index (χ1v) is 9.09. The second kappa shape index (κ2) is 6.51. The molecule has 0 saturated heterocycles. The van der Waals surface area contributed by atoms with Gasteiger partial charge >= 0.3 is 0 Å². The Labute approximate surface area is 148 Å². The predicted octanol–water partition coefficient (Wildman–Crippen LogP) is 7.05. The molecule has 3 aromatic rings. The van der Waals surface area contributed by atoms with E-state index in [0.717, 1.165) is 36.7 Å². The number of rotatable bonds is 3. The molecule has 0 spiro atoms. The lowest BCUT2D eigenvalue weighted by Crippen LogP contribution is -1.91. The van der Waals surface area contributed by atoms with Gasteiger partial charge < -0.3 is 4.74 Å². The van der Waals surface area contributed by atoms with Crippen molar-refractivity contribution in [3.63, 3.8) is 0 Å². The van der Waals surface area contributed by atoms with E-state index in [-0.39, 0.29) is 0 Å². The van der Waals surface area contributed by atoms with Gasteiger partial charge in [-0.1, -0.05) is 62.2 Å². The van der Waals surface area contributed by atoms with Crippen molar-refractivity contribution in [2.45, 2.75) is 5.33 Å². The van der Waals surface area contributed by atoms with Crippen LogP contribution < -0.4 is 4.74 Å². The zero-order valence-electron chi connectivity index (χ0n) is 10.9. The fraction of sp³-hybridized carbons (Fsp3) is 0.0588. The van der Waals surface area contributed by atoms with Crippen LogP contribution in [0.3, 0.4) is 0 Å². The largest absolute Gasteiger partial charge is 0.456 e. The molecule has 0 unspecified atom stereocenters. The molecule has 0 N–H and O–H groups in total. The minimum absolute atomic E-state index is 0.743. The van der Waals surface area contributed by atoms with E-state index in [1.165, 1.54) is 5.39 Å². The van der Waals surface area contributed by atoms with Gasteiger partial charge in [0.05, 0.1) is 4.47 Å². The molecule has 4 heteroatoms. The first-order valence-electron chi connectivity index (χ1n) is 6.38. The van der Waals surface area contributed by atoms with Gasteiger partial charge in [0.1, 0.15) is 11.5 Å². The molecule has 21 heavy (non-hydrogen) atoms. The van der Waals surface area contributed by atoms with E-state index < -0.39 is 0 Å². The Kier molecular flexibility index (Phi) is 4.67. The molecule has 0 aliphatic rings. The van der Waals surface area contributed by atoms with Crippen molar-refractivity contribution in [3.05, 3.63) is 69.1 Å². The summed E-state index contributed by atoms with van der Waals surface area (Å²) in [5.74, 6) is 1.67. The smallest absolute Gasteiger partial charge is 0.142 e. The maximum Gasteiger partial charge on any atom is 0.142 e. The third kappa shape index (κ3) is 3.17. The molecule has 0 aliphatic carbocycles. The van der Waals surface area contributed by atoms with E-state index in [1.807, 2.05) is 30.3 Å². The molecule has 106 valence electrons. The Morgan fingerprint density at radius 2 is 1.62 bits per heavy atom. The zero-order valence-corrected chi connectivity index (χ0v) is 15.7. The summed E-state index contributed by atoms with van der Waals surface area (Å²) >= 11 is 10.6. The Bertz CT molecular complexity index is 799. The number of hydrogen-bond donors (Lipinski definition) is 0. The third-order valence-electron chi connectivity index (χ3n) is 3.21. The van der Waals surface area contributed by atoms with Crippen LogP contribution in [-0.4, -0.2) is 0 Å². The standard InChI is InChI=1S/C17H11Br3O/c18-10-12-9-13(19)6-8-15(12)21-16-7-5-11-3-1-2-4-14(11)17(16)20/h1-9H,10H2. The molecule has 0 radical (unpaired) electrons.